The minimum absolute atomic E-state index is 0.0506. The number of aromatic nitrogens is 1. The number of hydrogen-bond acceptors (Lipinski definition) is 3. The normalized spacial score (nSPS) is 17.5. The van der Waals surface area contributed by atoms with E-state index in [1.165, 1.54) is 10.4 Å². The number of carboxylic acids is 1. The molecule has 0 amide bonds. The second kappa shape index (κ2) is 5.46. The third kappa shape index (κ3) is 2.35. The van der Waals surface area contributed by atoms with Crippen LogP contribution in [0.4, 0.5) is 0 Å². The Hall–Kier alpha value is -2.12. The second-order valence-electron chi connectivity index (χ2n) is 6.30. The van der Waals surface area contributed by atoms with Crippen LogP contribution in [0, 0.1) is 0 Å². The van der Waals surface area contributed by atoms with Crippen molar-refractivity contribution < 1.29 is 18.3 Å². The first kappa shape index (κ1) is 15.4. The molecule has 2 aromatic rings. The van der Waals surface area contributed by atoms with E-state index < -0.39 is 16.0 Å². The molecule has 1 aromatic heterocycles. The van der Waals surface area contributed by atoms with Crippen LogP contribution in [0.3, 0.4) is 0 Å². The Morgan fingerprint density at radius 1 is 1.17 bits per heavy atom. The van der Waals surface area contributed by atoms with Crippen LogP contribution in [0.15, 0.2) is 35.4 Å². The van der Waals surface area contributed by atoms with Crippen LogP contribution in [0.2, 0.25) is 0 Å². The van der Waals surface area contributed by atoms with Crippen LogP contribution in [0.5, 0.6) is 0 Å². The number of rotatable bonds is 3. The fourth-order valence-corrected chi connectivity index (χ4v) is 5.38. The number of carbonyl (C=O) groups is 1. The van der Waals surface area contributed by atoms with Crippen molar-refractivity contribution in [3.8, 4) is 0 Å². The summed E-state index contributed by atoms with van der Waals surface area (Å²) < 4.78 is 29.9. The molecule has 1 aliphatic heterocycles. The second-order valence-corrected chi connectivity index (χ2v) is 8.21. The molecular weight excluding hydrogens is 328 g/mol. The third-order valence-electron chi connectivity index (χ3n) is 4.89. The molecule has 2 aliphatic rings. The van der Waals surface area contributed by atoms with Crippen molar-refractivity contribution in [2.45, 2.75) is 37.2 Å². The lowest BCUT2D eigenvalue weighted by molar-refractivity contribution is 0.0696. The minimum atomic E-state index is -3.71. The van der Waals surface area contributed by atoms with Gasteiger partial charge in [0.25, 0.3) is 0 Å². The molecule has 0 saturated heterocycles. The summed E-state index contributed by atoms with van der Waals surface area (Å²) in [5.74, 6) is -1.09. The Morgan fingerprint density at radius 3 is 2.79 bits per heavy atom. The van der Waals surface area contributed by atoms with Crippen molar-refractivity contribution in [2.24, 2.45) is 0 Å². The highest BCUT2D eigenvalue weighted by Crippen LogP contribution is 2.33. The van der Waals surface area contributed by atoms with E-state index in [9.17, 15) is 18.3 Å². The standard InChI is InChI=1S/C17H18N2O4S/c20-17(21)13-9-12-3-1-5-15(12)16(10-13)24(22,23)19-8-7-18-6-2-4-14(18)11-19/h2,4,6,9-10H,1,3,5,7-8,11H2,(H,20,21). The fraction of sp³-hybridized carbons (Fsp3) is 0.353. The molecule has 0 saturated carbocycles. The maximum atomic E-state index is 13.2. The van der Waals surface area contributed by atoms with Gasteiger partial charge in [0.05, 0.1) is 17.0 Å². The lowest BCUT2D eigenvalue weighted by Gasteiger charge is -2.28. The number of aromatic carboxylic acids is 1. The van der Waals surface area contributed by atoms with E-state index in [0.717, 1.165) is 29.7 Å². The summed E-state index contributed by atoms with van der Waals surface area (Å²) in [6, 6.07) is 6.77. The van der Waals surface area contributed by atoms with E-state index in [-0.39, 0.29) is 10.5 Å². The van der Waals surface area contributed by atoms with E-state index in [4.69, 9.17) is 0 Å². The van der Waals surface area contributed by atoms with Gasteiger partial charge in [0.2, 0.25) is 10.0 Å². The van der Waals surface area contributed by atoms with Crippen LogP contribution in [-0.4, -0.2) is 34.9 Å². The summed E-state index contributed by atoms with van der Waals surface area (Å²) in [5.41, 5.74) is 2.65. The van der Waals surface area contributed by atoms with Crippen LogP contribution in [-0.2, 0) is 36.0 Å². The summed E-state index contributed by atoms with van der Waals surface area (Å²) in [5, 5.41) is 9.31. The zero-order chi connectivity index (χ0) is 16.9. The average molecular weight is 346 g/mol. The van der Waals surface area contributed by atoms with Gasteiger partial charge in [-0.2, -0.15) is 4.31 Å². The maximum Gasteiger partial charge on any atom is 0.335 e. The first-order valence-electron chi connectivity index (χ1n) is 8.00. The predicted molar refractivity (Wildman–Crippen MR) is 87.5 cm³/mol. The molecule has 126 valence electrons. The van der Waals surface area contributed by atoms with Crippen molar-refractivity contribution in [2.75, 3.05) is 6.54 Å². The van der Waals surface area contributed by atoms with Crippen LogP contribution in [0.1, 0.15) is 33.6 Å². The summed E-state index contributed by atoms with van der Waals surface area (Å²) >= 11 is 0. The molecule has 24 heavy (non-hydrogen) atoms. The van der Waals surface area contributed by atoms with Crippen LogP contribution >= 0.6 is 0 Å². The SMILES string of the molecule is O=C(O)c1cc2c(c(S(=O)(=O)N3CCn4cccc4C3)c1)CCC2. The number of fused-ring (bicyclic) bond motifs is 2. The molecule has 0 unspecified atom stereocenters. The predicted octanol–water partition coefficient (Wildman–Crippen LogP) is 1.88. The monoisotopic (exact) mass is 346 g/mol. The van der Waals surface area contributed by atoms with Gasteiger partial charge >= 0.3 is 5.97 Å². The van der Waals surface area contributed by atoms with Gasteiger partial charge in [-0.1, -0.05) is 0 Å². The number of carboxylic acid groups (broad SMARTS) is 1. The number of sulfonamides is 1. The van der Waals surface area contributed by atoms with Crippen molar-refractivity contribution >= 4 is 16.0 Å². The number of hydrogen-bond donors (Lipinski definition) is 1. The Balaban J connectivity index is 1.79. The topological polar surface area (TPSA) is 79.6 Å². The Kier molecular flexibility index (Phi) is 3.51. The molecule has 0 fully saturated rings. The third-order valence-corrected chi connectivity index (χ3v) is 6.80. The lowest BCUT2D eigenvalue weighted by Crippen LogP contribution is -2.38. The summed E-state index contributed by atoms with van der Waals surface area (Å²) in [4.78, 5) is 11.5. The molecule has 0 radical (unpaired) electrons. The lowest BCUT2D eigenvalue weighted by atomic mass is 10.1. The van der Waals surface area contributed by atoms with Gasteiger partial charge in [0.1, 0.15) is 0 Å². The molecule has 0 spiro atoms. The first-order chi connectivity index (χ1) is 11.5. The van der Waals surface area contributed by atoms with E-state index in [0.29, 0.717) is 26.1 Å². The molecule has 1 aliphatic carbocycles. The largest absolute Gasteiger partial charge is 0.478 e. The quantitative estimate of drug-likeness (QED) is 0.920. The Labute approximate surface area is 140 Å². The van der Waals surface area contributed by atoms with Gasteiger partial charge in [0.15, 0.2) is 0 Å². The molecule has 0 atom stereocenters. The van der Waals surface area contributed by atoms with Gasteiger partial charge in [-0.3, -0.25) is 0 Å². The summed E-state index contributed by atoms with van der Waals surface area (Å²) in [6.45, 7) is 1.33. The van der Waals surface area contributed by atoms with Gasteiger partial charge in [-0.15, -0.1) is 0 Å². The molecule has 6 nitrogen and oxygen atoms in total. The number of aryl methyl sites for hydroxylation is 1. The molecule has 7 heteroatoms. The highest BCUT2D eigenvalue weighted by Gasteiger charge is 2.32. The first-order valence-corrected chi connectivity index (χ1v) is 9.44. The maximum absolute atomic E-state index is 13.2. The molecule has 0 bridgehead atoms. The molecule has 1 N–H and O–H groups in total. The molecule has 4 rings (SSSR count). The molecule has 2 heterocycles. The Bertz CT molecular complexity index is 930. The van der Waals surface area contributed by atoms with Crippen molar-refractivity contribution in [3.05, 3.63) is 52.8 Å². The van der Waals surface area contributed by atoms with Crippen LogP contribution in [0.25, 0.3) is 0 Å². The number of benzene rings is 1. The van der Waals surface area contributed by atoms with Crippen molar-refractivity contribution in [1.82, 2.24) is 8.87 Å². The summed E-state index contributed by atoms with van der Waals surface area (Å²) in [6.07, 6.45) is 4.24. The van der Waals surface area contributed by atoms with Gasteiger partial charge in [-0.25, -0.2) is 13.2 Å². The van der Waals surface area contributed by atoms with Gasteiger partial charge < -0.3 is 9.67 Å². The van der Waals surface area contributed by atoms with E-state index in [2.05, 4.69) is 0 Å². The summed E-state index contributed by atoms with van der Waals surface area (Å²) in [7, 11) is -3.71. The van der Waals surface area contributed by atoms with Gasteiger partial charge in [-0.05, 0) is 54.7 Å². The molecular formula is C17H18N2O4S. The smallest absolute Gasteiger partial charge is 0.335 e. The highest BCUT2D eigenvalue weighted by molar-refractivity contribution is 7.89. The van der Waals surface area contributed by atoms with Crippen molar-refractivity contribution in [1.29, 1.82) is 0 Å². The van der Waals surface area contributed by atoms with Crippen LogP contribution < -0.4 is 0 Å². The number of nitrogens with zero attached hydrogens (tertiary/aromatic N) is 2. The van der Waals surface area contributed by atoms with E-state index >= 15 is 0 Å². The van der Waals surface area contributed by atoms with E-state index in [1.54, 1.807) is 6.07 Å². The molecule has 1 aromatic carbocycles. The van der Waals surface area contributed by atoms with Crippen molar-refractivity contribution in [3.63, 3.8) is 0 Å². The Morgan fingerprint density at radius 2 is 2.00 bits per heavy atom. The zero-order valence-electron chi connectivity index (χ0n) is 13.1. The zero-order valence-corrected chi connectivity index (χ0v) is 13.9. The average Bonchev–Trinajstić information content (AvgIpc) is 3.21. The fourth-order valence-electron chi connectivity index (χ4n) is 3.65. The highest BCUT2D eigenvalue weighted by atomic mass is 32.2. The minimum Gasteiger partial charge on any atom is -0.478 e. The van der Waals surface area contributed by atoms with Gasteiger partial charge in [0, 0.05) is 25.0 Å². The van der Waals surface area contributed by atoms with E-state index in [1.807, 2.05) is 22.9 Å².